The van der Waals surface area contributed by atoms with E-state index in [0.717, 1.165) is 25.4 Å². The summed E-state index contributed by atoms with van der Waals surface area (Å²) in [5.74, 6) is 0.845. The number of benzene rings is 1. The molecule has 0 aliphatic carbocycles. The van der Waals surface area contributed by atoms with E-state index in [-0.39, 0.29) is 18.4 Å². The van der Waals surface area contributed by atoms with Crippen LogP contribution >= 0.6 is 0 Å². The van der Waals surface area contributed by atoms with Crippen molar-refractivity contribution in [3.63, 3.8) is 0 Å². The molecule has 1 heterocycles. The minimum atomic E-state index is -0.559. The Hall–Kier alpha value is -2.28. The average molecular weight is 392 g/mol. The Morgan fingerprint density at radius 2 is 1.68 bits per heavy atom. The number of ether oxygens (including phenoxy) is 2. The van der Waals surface area contributed by atoms with Crippen molar-refractivity contribution in [3.8, 4) is 5.75 Å². The van der Waals surface area contributed by atoms with Crippen LogP contribution in [-0.2, 0) is 16.1 Å². The molecule has 1 unspecified atom stereocenters. The first kappa shape index (κ1) is 22.0. The summed E-state index contributed by atoms with van der Waals surface area (Å²) in [4.78, 5) is 28.8. The Balaban J connectivity index is 1.85. The summed E-state index contributed by atoms with van der Waals surface area (Å²) in [7, 11) is 0. The van der Waals surface area contributed by atoms with Gasteiger partial charge >= 0.3 is 6.09 Å². The maximum Gasteiger partial charge on any atom is 0.407 e. The highest BCUT2D eigenvalue weighted by molar-refractivity contribution is 5.86. The van der Waals surface area contributed by atoms with Gasteiger partial charge in [-0.1, -0.05) is 26.0 Å². The summed E-state index contributed by atoms with van der Waals surface area (Å²) in [5, 5.41) is 2.70. The number of rotatable bonds is 8. The zero-order valence-electron chi connectivity index (χ0n) is 17.4. The molecule has 1 atom stereocenters. The SMILES string of the molecule is CCOC(=O)NC(C(=O)N1CCN(Cc2ccc(OCC)cc2)CC1)C(C)C. The van der Waals surface area contributed by atoms with Gasteiger partial charge in [0.2, 0.25) is 5.91 Å². The monoisotopic (exact) mass is 391 g/mol. The molecule has 1 fully saturated rings. The van der Waals surface area contributed by atoms with Crippen molar-refractivity contribution in [2.24, 2.45) is 5.92 Å². The minimum absolute atomic E-state index is 0.00112. The van der Waals surface area contributed by atoms with Gasteiger partial charge in [-0.25, -0.2) is 4.79 Å². The van der Waals surface area contributed by atoms with Crippen LogP contribution in [-0.4, -0.2) is 67.2 Å². The molecule has 1 aliphatic heterocycles. The standard InChI is InChI=1S/C21H33N3O4/c1-5-27-18-9-7-17(8-10-18)15-23-11-13-24(14-12-23)20(25)19(16(3)4)22-21(26)28-6-2/h7-10,16,19H,5-6,11-15H2,1-4H3,(H,22,26). The lowest BCUT2D eigenvalue weighted by atomic mass is 10.0. The summed E-state index contributed by atoms with van der Waals surface area (Å²) in [6.07, 6.45) is -0.538. The second-order valence-corrected chi connectivity index (χ2v) is 7.26. The lowest BCUT2D eigenvalue weighted by molar-refractivity contribution is -0.136. The van der Waals surface area contributed by atoms with Gasteiger partial charge in [0.25, 0.3) is 0 Å². The predicted molar refractivity (Wildman–Crippen MR) is 108 cm³/mol. The third kappa shape index (κ3) is 6.41. The van der Waals surface area contributed by atoms with E-state index < -0.39 is 12.1 Å². The van der Waals surface area contributed by atoms with Gasteiger partial charge < -0.3 is 19.7 Å². The van der Waals surface area contributed by atoms with Crippen molar-refractivity contribution in [3.05, 3.63) is 29.8 Å². The van der Waals surface area contributed by atoms with Crippen molar-refractivity contribution < 1.29 is 19.1 Å². The lowest BCUT2D eigenvalue weighted by Gasteiger charge is -2.37. The number of carbonyl (C=O) groups is 2. The van der Waals surface area contributed by atoms with E-state index in [1.807, 2.05) is 37.8 Å². The van der Waals surface area contributed by atoms with Crippen molar-refractivity contribution >= 4 is 12.0 Å². The van der Waals surface area contributed by atoms with Crippen molar-refractivity contribution in [1.82, 2.24) is 15.1 Å². The molecule has 0 aromatic heterocycles. The maximum atomic E-state index is 12.9. The molecule has 7 heteroatoms. The third-order valence-corrected chi connectivity index (χ3v) is 4.81. The molecule has 1 aromatic rings. The molecule has 2 amide bonds. The zero-order chi connectivity index (χ0) is 20.5. The molecule has 0 bridgehead atoms. The summed E-state index contributed by atoms with van der Waals surface area (Å²) in [5.41, 5.74) is 1.23. The van der Waals surface area contributed by atoms with Gasteiger partial charge in [0, 0.05) is 32.7 Å². The number of carbonyl (C=O) groups excluding carboxylic acids is 2. The maximum absolute atomic E-state index is 12.9. The Morgan fingerprint density at radius 1 is 1.04 bits per heavy atom. The number of nitrogens with one attached hydrogen (secondary N) is 1. The number of hydrogen-bond donors (Lipinski definition) is 1. The molecule has 0 saturated carbocycles. The molecule has 0 spiro atoms. The smallest absolute Gasteiger partial charge is 0.407 e. The Labute approximate surface area is 168 Å². The number of hydrogen-bond acceptors (Lipinski definition) is 5. The summed E-state index contributed by atoms with van der Waals surface area (Å²) in [6.45, 7) is 12.3. The van der Waals surface area contributed by atoms with E-state index in [0.29, 0.717) is 19.7 Å². The summed E-state index contributed by atoms with van der Waals surface area (Å²) < 4.78 is 10.4. The second-order valence-electron chi connectivity index (χ2n) is 7.26. The first-order valence-electron chi connectivity index (χ1n) is 10.1. The molecule has 1 aromatic carbocycles. The van der Waals surface area contributed by atoms with E-state index in [1.54, 1.807) is 6.92 Å². The van der Waals surface area contributed by atoms with Gasteiger partial charge in [-0.2, -0.15) is 0 Å². The van der Waals surface area contributed by atoms with E-state index in [4.69, 9.17) is 9.47 Å². The topological polar surface area (TPSA) is 71.1 Å². The van der Waals surface area contributed by atoms with E-state index in [1.165, 1.54) is 5.56 Å². The minimum Gasteiger partial charge on any atom is -0.494 e. The lowest BCUT2D eigenvalue weighted by Crippen LogP contribution is -2.56. The summed E-state index contributed by atoms with van der Waals surface area (Å²) in [6, 6.07) is 7.60. The van der Waals surface area contributed by atoms with Crippen LogP contribution in [0.2, 0.25) is 0 Å². The van der Waals surface area contributed by atoms with Crippen LogP contribution < -0.4 is 10.1 Å². The van der Waals surface area contributed by atoms with Gasteiger partial charge in [0.1, 0.15) is 11.8 Å². The first-order valence-corrected chi connectivity index (χ1v) is 10.1. The zero-order valence-corrected chi connectivity index (χ0v) is 17.4. The average Bonchev–Trinajstić information content (AvgIpc) is 2.68. The highest BCUT2D eigenvalue weighted by Gasteiger charge is 2.31. The van der Waals surface area contributed by atoms with Gasteiger partial charge in [-0.15, -0.1) is 0 Å². The van der Waals surface area contributed by atoms with Crippen LogP contribution in [0.15, 0.2) is 24.3 Å². The van der Waals surface area contributed by atoms with Crippen LogP contribution in [0.3, 0.4) is 0 Å². The predicted octanol–water partition coefficient (Wildman–Crippen LogP) is 2.50. The Kier molecular flexibility index (Phi) is 8.57. The normalized spacial score (nSPS) is 16.0. The van der Waals surface area contributed by atoms with Gasteiger partial charge in [-0.3, -0.25) is 9.69 Å². The molecule has 1 saturated heterocycles. The number of nitrogens with zero attached hydrogens (tertiary/aromatic N) is 2. The fourth-order valence-electron chi connectivity index (χ4n) is 3.25. The van der Waals surface area contributed by atoms with E-state index in [2.05, 4.69) is 22.3 Å². The Morgan fingerprint density at radius 3 is 2.21 bits per heavy atom. The van der Waals surface area contributed by atoms with Crippen LogP contribution in [0.25, 0.3) is 0 Å². The van der Waals surface area contributed by atoms with Crippen molar-refractivity contribution in [2.75, 3.05) is 39.4 Å². The van der Waals surface area contributed by atoms with Crippen LogP contribution in [0.1, 0.15) is 33.3 Å². The van der Waals surface area contributed by atoms with Crippen LogP contribution in [0, 0.1) is 5.92 Å². The van der Waals surface area contributed by atoms with Crippen LogP contribution in [0.4, 0.5) is 4.79 Å². The third-order valence-electron chi connectivity index (χ3n) is 4.81. The quantitative estimate of drug-likeness (QED) is 0.737. The van der Waals surface area contributed by atoms with Gasteiger partial charge in [-0.05, 0) is 37.5 Å². The van der Waals surface area contributed by atoms with E-state index >= 15 is 0 Å². The molecule has 2 rings (SSSR count). The number of amides is 2. The molecule has 1 aliphatic rings. The van der Waals surface area contributed by atoms with Crippen LogP contribution in [0.5, 0.6) is 5.75 Å². The van der Waals surface area contributed by atoms with E-state index in [9.17, 15) is 9.59 Å². The molecule has 28 heavy (non-hydrogen) atoms. The fourth-order valence-corrected chi connectivity index (χ4v) is 3.25. The molecule has 1 N–H and O–H groups in total. The molecule has 156 valence electrons. The fraction of sp³-hybridized carbons (Fsp3) is 0.619. The number of piperazine rings is 1. The van der Waals surface area contributed by atoms with Crippen molar-refractivity contribution in [2.45, 2.75) is 40.3 Å². The highest BCUT2D eigenvalue weighted by Crippen LogP contribution is 2.15. The van der Waals surface area contributed by atoms with Crippen molar-refractivity contribution in [1.29, 1.82) is 0 Å². The largest absolute Gasteiger partial charge is 0.494 e. The first-order chi connectivity index (χ1) is 13.4. The molecular weight excluding hydrogens is 358 g/mol. The second kappa shape index (κ2) is 10.9. The molecule has 7 nitrogen and oxygen atoms in total. The highest BCUT2D eigenvalue weighted by atomic mass is 16.5. The van der Waals surface area contributed by atoms with Gasteiger partial charge in [0.05, 0.1) is 13.2 Å². The summed E-state index contributed by atoms with van der Waals surface area (Å²) >= 11 is 0. The number of alkyl carbamates (subject to hydrolysis) is 1. The van der Waals surface area contributed by atoms with Gasteiger partial charge in [0.15, 0.2) is 0 Å². The Bertz CT molecular complexity index is 625. The molecule has 0 radical (unpaired) electrons. The molecular formula is C21H33N3O4.